The molecule has 1 aromatic rings. The minimum Gasteiger partial charge on any atom is -0.208 e. The van der Waals surface area contributed by atoms with Crippen molar-refractivity contribution in [3.63, 3.8) is 0 Å². The van der Waals surface area contributed by atoms with E-state index in [1.54, 1.807) is 0 Å². The van der Waals surface area contributed by atoms with Gasteiger partial charge >= 0.3 is 10.2 Å². The molecule has 1 atom stereocenters. The molecule has 0 heterocycles. The topological polar surface area (TPSA) is 80.3 Å². The Morgan fingerprint density at radius 3 is 1.95 bits per heavy atom. The van der Waals surface area contributed by atoms with E-state index in [1.165, 1.54) is 0 Å². The predicted molar refractivity (Wildman–Crippen MR) is 74.0 cm³/mol. The first-order valence-electron chi connectivity index (χ1n) is 6.27. The van der Waals surface area contributed by atoms with E-state index in [-0.39, 0.29) is 10.9 Å². The Hall–Kier alpha value is -0.990. The average Bonchev–Trinajstić information content (AvgIpc) is 2.37. The molecule has 0 saturated heterocycles. The monoisotopic (exact) mass is 323 g/mol. The molecule has 0 aliphatic carbocycles. The van der Waals surface area contributed by atoms with Gasteiger partial charge in [0.1, 0.15) is 0 Å². The highest BCUT2D eigenvalue weighted by Crippen LogP contribution is 2.17. The highest BCUT2D eigenvalue weighted by Gasteiger charge is 2.20. The van der Waals surface area contributed by atoms with Crippen LogP contribution in [0.15, 0.2) is 34.1 Å². The van der Waals surface area contributed by atoms with Crippen LogP contribution < -0.4 is 4.72 Å². The van der Waals surface area contributed by atoms with Crippen LogP contribution in [0.3, 0.4) is 0 Å². The maximum atomic E-state index is 12.7. The zero-order valence-corrected chi connectivity index (χ0v) is 13.0. The van der Waals surface area contributed by atoms with E-state index in [2.05, 4.69) is 4.72 Å². The van der Waals surface area contributed by atoms with Crippen LogP contribution in [-0.2, 0) is 20.2 Å². The summed E-state index contributed by atoms with van der Waals surface area (Å²) in [6, 6.07) is 3.85. The summed E-state index contributed by atoms with van der Waals surface area (Å²) in [5.74, 6) is 0. The number of nitrogens with one attached hydrogen (secondary N) is 1. The van der Waals surface area contributed by atoms with Crippen LogP contribution >= 0.6 is 0 Å². The minimum atomic E-state index is -4.82. The summed E-state index contributed by atoms with van der Waals surface area (Å²) in [6.07, 6.45) is 2.22. The van der Waals surface area contributed by atoms with Gasteiger partial charge in [0.05, 0.1) is 9.79 Å². The average molecular weight is 323 g/mol. The fourth-order valence-electron chi connectivity index (χ4n) is 1.76. The van der Waals surface area contributed by atoms with E-state index in [9.17, 15) is 20.7 Å². The third-order valence-electron chi connectivity index (χ3n) is 2.87. The van der Waals surface area contributed by atoms with Gasteiger partial charge in [0.2, 0.25) is 10.0 Å². The second-order valence-corrected chi connectivity index (χ2v) is 7.49. The zero-order valence-electron chi connectivity index (χ0n) is 11.3. The summed E-state index contributed by atoms with van der Waals surface area (Å²) in [5.41, 5.74) is 0. The van der Waals surface area contributed by atoms with E-state index in [4.69, 9.17) is 0 Å². The molecule has 0 aliphatic rings. The lowest BCUT2D eigenvalue weighted by molar-refractivity contribution is 0.512. The molecule has 114 valence electrons. The Balaban J connectivity index is 2.99. The molecule has 0 amide bonds. The first-order chi connectivity index (χ1) is 9.20. The van der Waals surface area contributed by atoms with Gasteiger partial charge in [-0.15, -0.1) is 3.89 Å². The van der Waals surface area contributed by atoms with Gasteiger partial charge in [-0.3, -0.25) is 0 Å². The molecule has 0 aromatic heterocycles. The zero-order chi connectivity index (χ0) is 15.4. The summed E-state index contributed by atoms with van der Waals surface area (Å²) >= 11 is 0. The van der Waals surface area contributed by atoms with Gasteiger partial charge in [-0.1, -0.05) is 20.3 Å². The molecule has 0 bridgehead atoms. The lowest BCUT2D eigenvalue weighted by Gasteiger charge is -2.16. The maximum absolute atomic E-state index is 12.7. The van der Waals surface area contributed by atoms with Crippen molar-refractivity contribution in [2.24, 2.45) is 0 Å². The largest absolute Gasteiger partial charge is 0.332 e. The molecule has 5 nitrogen and oxygen atoms in total. The van der Waals surface area contributed by atoms with Crippen LogP contribution in [0.25, 0.3) is 0 Å². The van der Waals surface area contributed by atoms with Gasteiger partial charge in [0.15, 0.2) is 0 Å². The van der Waals surface area contributed by atoms with E-state index in [0.29, 0.717) is 12.8 Å². The normalized spacial score (nSPS) is 14.2. The van der Waals surface area contributed by atoms with Crippen molar-refractivity contribution in [3.05, 3.63) is 24.3 Å². The lowest BCUT2D eigenvalue weighted by atomic mass is 10.1. The van der Waals surface area contributed by atoms with Gasteiger partial charge in [-0.2, -0.15) is 8.42 Å². The predicted octanol–water partition coefficient (Wildman–Crippen LogP) is 2.20. The SMILES string of the molecule is CCCC(CC)NS(=O)(=O)c1ccc(S(=O)(=O)F)cc1. The third kappa shape index (κ3) is 4.53. The molecular weight excluding hydrogens is 305 g/mol. The fourth-order valence-corrected chi connectivity index (χ4v) is 3.58. The maximum Gasteiger partial charge on any atom is 0.332 e. The first kappa shape index (κ1) is 17.1. The Bertz CT molecular complexity index is 639. The number of sulfonamides is 1. The van der Waals surface area contributed by atoms with Gasteiger partial charge < -0.3 is 0 Å². The number of hydrogen-bond donors (Lipinski definition) is 1. The number of benzene rings is 1. The molecule has 1 N–H and O–H groups in total. The molecule has 1 aromatic carbocycles. The Kier molecular flexibility index (Phi) is 5.67. The highest BCUT2D eigenvalue weighted by molar-refractivity contribution is 7.89. The molecule has 0 aliphatic heterocycles. The molecule has 1 rings (SSSR count). The molecule has 0 fully saturated rings. The summed E-state index contributed by atoms with van der Waals surface area (Å²) in [7, 11) is -8.54. The Morgan fingerprint density at radius 2 is 1.55 bits per heavy atom. The van der Waals surface area contributed by atoms with Crippen molar-refractivity contribution in [2.45, 2.75) is 48.9 Å². The van der Waals surface area contributed by atoms with E-state index in [0.717, 1.165) is 30.7 Å². The summed E-state index contributed by atoms with van der Waals surface area (Å²) < 4.78 is 60.8. The molecule has 0 radical (unpaired) electrons. The van der Waals surface area contributed by atoms with Crippen LogP contribution in [0.5, 0.6) is 0 Å². The quantitative estimate of drug-likeness (QED) is 0.780. The number of rotatable bonds is 7. The van der Waals surface area contributed by atoms with Gasteiger partial charge in [0.25, 0.3) is 0 Å². The Morgan fingerprint density at radius 1 is 1.05 bits per heavy atom. The van der Waals surface area contributed by atoms with Crippen LogP contribution in [0.4, 0.5) is 3.89 Å². The summed E-state index contributed by atoms with van der Waals surface area (Å²) in [5, 5.41) is 0. The van der Waals surface area contributed by atoms with Crippen molar-refractivity contribution in [1.29, 1.82) is 0 Å². The van der Waals surface area contributed by atoms with Crippen molar-refractivity contribution >= 4 is 20.2 Å². The smallest absolute Gasteiger partial charge is 0.208 e. The molecule has 0 spiro atoms. The van der Waals surface area contributed by atoms with Crippen LogP contribution in [0.1, 0.15) is 33.1 Å². The van der Waals surface area contributed by atoms with Crippen LogP contribution in [-0.4, -0.2) is 22.9 Å². The molecule has 0 saturated carbocycles. The van der Waals surface area contributed by atoms with Crippen LogP contribution in [0.2, 0.25) is 0 Å². The molecule has 20 heavy (non-hydrogen) atoms. The van der Waals surface area contributed by atoms with Gasteiger partial charge in [-0.25, -0.2) is 13.1 Å². The second kappa shape index (κ2) is 6.64. The number of halogens is 1. The molecule has 1 unspecified atom stereocenters. The fraction of sp³-hybridized carbons (Fsp3) is 0.500. The van der Waals surface area contributed by atoms with E-state index in [1.807, 2.05) is 13.8 Å². The van der Waals surface area contributed by atoms with Gasteiger partial charge in [-0.05, 0) is 37.1 Å². The van der Waals surface area contributed by atoms with E-state index < -0.39 is 25.1 Å². The molecule has 8 heteroatoms. The number of hydrogen-bond acceptors (Lipinski definition) is 4. The van der Waals surface area contributed by atoms with Crippen molar-refractivity contribution in [3.8, 4) is 0 Å². The second-order valence-electron chi connectivity index (χ2n) is 4.42. The summed E-state index contributed by atoms with van der Waals surface area (Å²) in [4.78, 5) is -0.642. The lowest BCUT2D eigenvalue weighted by Crippen LogP contribution is -2.34. The first-order valence-corrected chi connectivity index (χ1v) is 9.14. The highest BCUT2D eigenvalue weighted by atomic mass is 32.3. The van der Waals surface area contributed by atoms with Crippen LogP contribution in [0, 0.1) is 0 Å². The Labute approximate surface area is 119 Å². The standard InChI is InChI=1S/C12H18FNO4S2/c1-3-5-10(4-2)14-20(17,18)12-8-6-11(7-9-12)19(13,15)16/h6-10,14H,3-5H2,1-2H3. The van der Waals surface area contributed by atoms with Crippen molar-refractivity contribution < 1.29 is 20.7 Å². The molecular formula is C12H18FNO4S2. The summed E-state index contributed by atoms with van der Waals surface area (Å²) in [6.45, 7) is 3.83. The van der Waals surface area contributed by atoms with Gasteiger partial charge in [0, 0.05) is 6.04 Å². The minimum absolute atomic E-state index is 0.0838. The van der Waals surface area contributed by atoms with Crippen molar-refractivity contribution in [1.82, 2.24) is 4.72 Å². The van der Waals surface area contributed by atoms with Crippen molar-refractivity contribution in [2.75, 3.05) is 0 Å². The van der Waals surface area contributed by atoms with E-state index >= 15 is 0 Å². The third-order valence-corrected chi connectivity index (χ3v) is 5.24.